The normalized spacial score (nSPS) is 11.0. The van der Waals surface area contributed by atoms with Gasteiger partial charge in [-0.05, 0) is 36.8 Å². The Morgan fingerprint density at radius 2 is 1.75 bits per heavy atom. The Labute approximate surface area is 140 Å². The van der Waals surface area contributed by atoms with Gasteiger partial charge in [-0.1, -0.05) is 24.3 Å². The van der Waals surface area contributed by atoms with Gasteiger partial charge in [0, 0.05) is 0 Å². The van der Waals surface area contributed by atoms with Crippen LogP contribution in [-0.4, -0.2) is 18.9 Å². The molecule has 0 fully saturated rings. The van der Waals surface area contributed by atoms with E-state index in [1.54, 1.807) is 50.4 Å². The molecule has 0 saturated carbocycles. The van der Waals surface area contributed by atoms with Gasteiger partial charge in [0.05, 0.1) is 24.4 Å². The number of nitrogens with one attached hydrogen (secondary N) is 2. The fourth-order valence-electron chi connectivity index (χ4n) is 2.11. The summed E-state index contributed by atoms with van der Waals surface area (Å²) >= 11 is 0. The van der Waals surface area contributed by atoms with Gasteiger partial charge in [0.25, 0.3) is 0 Å². The summed E-state index contributed by atoms with van der Waals surface area (Å²) in [6, 6.07) is 15.3. The van der Waals surface area contributed by atoms with Crippen LogP contribution in [0.2, 0.25) is 0 Å². The van der Waals surface area contributed by atoms with Gasteiger partial charge < -0.3 is 15.4 Å². The number of rotatable bonds is 4. The first kappa shape index (κ1) is 17.0. The van der Waals surface area contributed by atoms with Gasteiger partial charge in [-0.3, -0.25) is 9.59 Å². The summed E-state index contributed by atoms with van der Waals surface area (Å²) in [5.41, 5.74) is 1.44. The van der Waals surface area contributed by atoms with Crippen LogP contribution in [0.15, 0.2) is 48.5 Å². The van der Waals surface area contributed by atoms with Crippen LogP contribution in [0.4, 0.5) is 5.69 Å². The molecule has 0 aliphatic rings. The Balaban J connectivity index is 2.00. The van der Waals surface area contributed by atoms with Crippen LogP contribution < -0.4 is 15.4 Å². The van der Waals surface area contributed by atoms with E-state index in [1.165, 1.54) is 0 Å². The van der Waals surface area contributed by atoms with Gasteiger partial charge in [-0.15, -0.1) is 0 Å². The highest BCUT2D eigenvalue weighted by molar-refractivity contribution is 6.39. The third kappa shape index (κ3) is 4.11. The van der Waals surface area contributed by atoms with Crippen LogP contribution in [0.5, 0.6) is 5.75 Å². The van der Waals surface area contributed by atoms with E-state index in [-0.39, 0.29) is 6.04 Å². The zero-order chi connectivity index (χ0) is 17.5. The highest BCUT2D eigenvalue weighted by Gasteiger charge is 2.18. The van der Waals surface area contributed by atoms with Crippen molar-refractivity contribution in [3.63, 3.8) is 0 Å². The molecular formula is C18H17N3O3. The molecule has 6 heteroatoms. The quantitative estimate of drug-likeness (QED) is 0.845. The number of carbonyl (C=O) groups excluding carboxylic acids is 2. The number of benzene rings is 2. The topological polar surface area (TPSA) is 91.2 Å². The van der Waals surface area contributed by atoms with Gasteiger partial charge in [-0.2, -0.15) is 5.26 Å². The van der Waals surface area contributed by atoms with E-state index in [0.29, 0.717) is 17.0 Å². The standard InChI is InChI=1S/C18H17N3O3/c1-12(13-7-9-15(24-2)10-8-13)20-17(22)18(23)21-16-6-4-3-5-14(16)11-19/h3-10,12H,1-2H3,(H,20,22)(H,21,23). The second-order valence-electron chi connectivity index (χ2n) is 5.08. The summed E-state index contributed by atoms with van der Waals surface area (Å²) in [6.45, 7) is 1.77. The molecule has 2 amide bonds. The second-order valence-corrected chi connectivity index (χ2v) is 5.08. The minimum Gasteiger partial charge on any atom is -0.497 e. The molecule has 24 heavy (non-hydrogen) atoms. The molecule has 2 aromatic rings. The average Bonchev–Trinajstić information content (AvgIpc) is 2.62. The number of carbonyl (C=O) groups is 2. The van der Waals surface area contributed by atoms with E-state index in [9.17, 15) is 9.59 Å². The summed E-state index contributed by atoms with van der Waals surface area (Å²) < 4.78 is 5.08. The number of methoxy groups -OCH3 is 1. The number of ether oxygens (including phenoxy) is 1. The summed E-state index contributed by atoms with van der Waals surface area (Å²) in [5.74, 6) is -0.882. The van der Waals surface area contributed by atoms with Crippen molar-refractivity contribution in [1.29, 1.82) is 5.26 Å². The summed E-state index contributed by atoms with van der Waals surface area (Å²) in [7, 11) is 1.57. The lowest BCUT2D eigenvalue weighted by Crippen LogP contribution is -2.37. The number of para-hydroxylation sites is 1. The third-order valence-electron chi connectivity index (χ3n) is 3.47. The molecule has 2 aromatic carbocycles. The van der Waals surface area contributed by atoms with E-state index in [0.717, 1.165) is 5.56 Å². The second kappa shape index (κ2) is 7.79. The number of anilines is 1. The Hall–Kier alpha value is -3.33. The van der Waals surface area contributed by atoms with E-state index in [1.807, 2.05) is 18.2 Å². The molecule has 122 valence electrons. The minimum absolute atomic E-state index is 0.293. The first-order valence-corrected chi connectivity index (χ1v) is 7.30. The van der Waals surface area contributed by atoms with Crippen LogP contribution in [0.1, 0.15) is 24.1 Å². The van der Waals surface area contributed by atoms with E-state index in [2.05, 4.69) is 10.6 Å². The highest BCUT2D eigenvalue weighted by Crippen LogP contribution is 2.17. The summed E-state index contributed by atoms with van der Waals surface area (Å²) in [6.07, 6.45) is 0. The smallest absolute Gasteiger partial charge is 0.313 e. The van der Waals surface area contributed by atoms with Crippen LogP contribution in [-0.2, 0) is 9.59 Å². The molecule has 0 bridgehead atoms. The maximum Gasteiger partial charge on any atom is 0.313 e. The molecule has 2 rings (SSSR count). The van der Waals surface area contributed by atoms with Crippen LogP contribution in [0.3, 0.4) is 0 Å². The van der Waals surface area contributed by atoms with Gasteiger partial charge >= 0.3 is 11.8 Å². The molecule has 0 radical (unpaired) electrons. The zero-order valence-corrected chi connectivity index (χ0v) is 13.4. The van der Waals surface area contributed by atoms with Crippen molar-refractivity contribution in [2.45, 2.75) is 13.0 Å². The number of nitrogens with zero attached hydrogens (tertiary/aromatic N) is 1. The lowest BCUT2D eigenvalue weighted by molar-refractivity contribution is -0.136. The Bertz CT molecular complexity index is 779. The van der Waals surface area contributed by atoms with Crippen LogP contribution >= 0.6 is 0 Å². The fourth-order valence-corrected chi connectivity index (χ4v) is 2.11. The predicted octanol–water partition coefficient (Wildman–Crippen LogP) is 2.38. The lowest BCUT2D eigenvalue weighted by Gasteiger charge is -2.14. The van der Waals surface area contributed by atoms with Crippen molar-refractivity contribution in [2.24, 2.45) is 0 Å². The van der Waals surface area contributed by atoms with Crippen LogP contribution in [0, 0.1) is 11.3 Å². The number of nitriles is 1. The van der Waals surface area contributed by atoms with Crippen molar-refractivity contribution in [1.82, 2.24) is 5.32 Å². The van der Waals surface area contributed by atoms with Gasteiger partial charge in [0.15, 0.2) is 0 Å². The predicted molar refractivity (Wildman–Crippen MR) is 89.3 cm³/mol. The van der Waals surface area contributed by atoms with Crippen molar-refractivity contribution in [3.05, 3.63) is 59.7 Å². The Morgan fingerprint density at radius 1 is 1.08 bits per heavy atom. The van der Waals surface area contributed by atoms with Crippen molar-refractivity contribution >= 4 is 17.5 Å². The summed E-state index contributed by atoms with van der Waals surface area (Å²) in [4.78, 5) is 24.0. The average molecular weight is 323 g/mol. The van der Waals surface area contributed by atoms with Crippen LogP contribution in [0.25, 0.3) is 0 Å². The molecule has 0 aliphatic carbocycles. The van der Waals surface area contributed by atoms with Gasteiger partial charge in [0.1, 0.15) is 11.8 Å². The molecule has 1 atom stereocenters. The fraction of sp³-hybridized carbons (Fsp3) is 0.167. The molecule has 0 spiro atoms. The lowest BCUT2D eigenvalue weighted by atomic mass is 10.1. The SMILES string of the molecule is COc1ccc(C(C)NC(=O)C(=O)Nc2ccccc2C#N)cc1. The van der Waals surface area contributed by atoms with Gasteiger partial charge in [-0.25, -0.2) is 0 Å². The van der Waals surface area contributed by atoms with E-state index < -0.39 is 11.8 Å². The van der Waals surface area contributed by atoms with Crippen molar-refractivity contribution in [2.75, 3.05) is 12.4 Å². The number of hydrogen-bond acceptors (Lipinski definition) is 4. The van der Waals surface area contributed by atoms with Gasteiger partial charge in [0.2, 0.25) is 0 Å². The number of amides is 2. The number of hydrogen-bond donors (Lipinski definition) is 2. The molecule has 1 unspecified atom stereocenters. The Kier molecular flexibility index (Phi) is 5.53. The maximum absolute atomic E-state index is 12.0. The highest BCUT2D eigenvalue weighted by atomic mass is 16.5. The monoisotopic (exact) mass is 323 g/mol. The third-order valence-corrected chi connectivity index (χ3v) is 3.47. The van der Waals surface area contributed by atoms with Crippen molar-refractivity contribution in [3.8, 4) is 11.8 Å². The molecule has 0 heterocycles. The first-order valence-electron chi connectivity index (χ1n) is 7.30. The van der Waals surface area contributed by atoms with E-state index >= 15 is 0 Å². The first-order chi connectivity index (χ1) is 11.5. The molecule has 0 aliphatic heterocycles. The molecule has 0 aromatic heterocycles. The molecule has 6 nitrogen and oxygen atoms in total. The summed E-state index contributed by atoms with van der Waals surface area (Å²) in [5, 5.41) is 14.1. The molecule has 0 saturated heterocycles. The molecule has 2 N–H and O–H groups in total. The largest absolute Gasteiger partial charge is 0.497 e. The Morgan fingerprint density at radius 3 is 2.38 bits per heavy atom. The molecular weight excluding hydrogens is 306 g/mol. The van der Waals surface area contributed by atoms with E-state index in [4.69, 9.17) is 10.00 Å². The minimum atomic E-state index is -0.821. The zero-order valence-electron chi connectivity index (χ0n) is 13.4. The maximum atomic E-state index is 12.0. The van der Waals surface area contributed by atoms with Crippen molar-refractivity contribution < 1.29 is 14.3 Å².